The number of amides is 2. The van der Waals surface area contributed by atoms with Crippen molar-refractivity contribution in [3.05, 3.63) is 23.2 Å². The molecular weight excluding hydrogens is 316 g/mol. The molecule has 0 aliphatic heterocycles. The molecule has 128 valence electrons. The van der Waals surface area contributed by atoms with Crippen LogP contribution in [0.15, 0.2) is 18.2 Å². The average Bonchev–Trinajstić information content (AvgIpc) is 2.51. The van der Waals surface area contributed by atoms with Crippen LogP contribution in [0.5, 0.6) is 5.75 Å². The monoisotopic (exact) mass is 340 g/mol. The van der Waals surface area contributed by atoms with E-state index in [1.807, 2.05) is 13.8 Å². The average molecular weight is 341 g/mol. The van der Waals surface area contributed by atoms with E-state index in [1.165, 1.54) is 0 Å². The van der Waals surface area contributed by atoms with E-state index in [4.69, 9.17) is 21.4 Å². The largest absolute Gasteiger partial charge is 0.487 e. The normalized spacial score (nSPS) is 21.1. The van der Waals surface area contributed by atoms with Crippen LogP contribution in [0.4, 0.5) is 10.5 Å². The number of carbonyl (C=O) groups is 1. The first-order valence-corrected chi connectivity index (χ1v) is 8.51. The van der Waals surface area contributed by atoms with Gasteiger partial charge in [-0.15, -0.1) is 0 Å². The van der Waals surface area contributed by atoms with Crippen LogP contribution in [0.1, 0.15) is 39.5 Å². The van der Waals surface area contributed by atoms with Crippen molar-refractivity contribution in [2.75, 3.05) is 11.9 Å². The Hall–Kier alpha value is -1.46. The molecule has 2 amide bonds. The number of rotatable bonds is 5. The molecule has 23 heavy (non-hydrogen) atoms. The van der Waals surface area contributed by atoms with E-state index in [0.717, 1.165) is 25.7 Å². The molecule has 1 aromatic carbocycles. The van der Waals surface area contributed by atoms with Crippen LogP contribution in [0.2, 0.25) is 5.02 Å². The number of aliphatic hydroxyl groups excluding tert-OH is 1. The Labute approximate surface area is 142 Å². The second-order valence-electron chi connectivity index (χ2n) is 6.28. The first-order chi connectivity index (χ1) is 11.0. The van der Waals surface area contributed by atoms with Gasteiger partial charge in [0.25, 0.3) is 0 Å². The summed E-state index contributed by atoms with van der Waals surface area (Å²) >= 11 is 6.16. The summed E-state index contributed by atoms with van der Waals surface area (Å²) in [7, 11) is 0. The highest BCUT2D eigenvalue weighted by atomic mass is 35.5. The van der Waals surface area contributed by atoms with Gasteiger partial charge in [-0.2, -0.15) is 0 Å². The van der Waals surface area contributed by atoms with E-state index in [-0.39, 0.29) is 24.8 Å². The number of aliphatic hydroxyl groups is 1. The van der Waals surface area contributed by atoms with Gasteiger partial charge in [-0.1, -0.05) is 17.7 Å². The Bertz CT molecular complexity index is 529. The quantitative estimate of drug-likeness (QED) is 0.763. The number of ether oxygens (including phenoxy) is 1. The van der Waals surface area contributed by atoms with Crippen molar-refractivity contribution in [3.8, 4) is 5.75 Å². The molecule has 6 heteroatoms. The second-order valence-corrected chi connectivity index (χ2v) is 6.69. The van der Waals surface area contributed by atoms with Gasteiger partial charge in [-0.25, -0.2) is 4.79 Å². The number of nitrogens with one attached hydrogen (secondary N) is 2. The molecular formula is C17H25ClN2O3. The maximum Gasteiger partial charge on any atom is 0.319 e. The van der Waals surface area contributed by atoms with Crippen molar-refractivity contribution in [2.24, 2.45) is 5.92 Å². The lowest BCUT2D eigenvalue weighted by Gasteiger charge is -2.28. The summed E-state index contributed by atoms with van der Waals surface area (Å²) in [6, 6.07) is 5.17. The number of carbonyl (C=O) groups excluding carboxylic acids is 1. The fourth-order valence-corrected chi connectivity index (χ4v) is 3.01. The number of anilines is 1. The van der Waals surface area contributed by atoms with Gasteiger partial charge in [0.1, 0.15) is 0 Å². The third-order valence-electron chi connectivity index (χ3n) is 4.01. The van der Waals surface area contributed by atoms with Gasteiger partial charge in [0, 0.05) is 12.6 Å². The molecule has 0 atom stereocenters. The smallest absolute Gasteiger partial charge is 0.319 e. The molecule has 0 unspecified atom stereocenters. The van der Waals surface area contributed by atoms with Crippen molar-refractivity contribution < 1.29 is 14.6 Å². The molecule has 1 aromatic rings. The molecule has 0 saturated heterocycles. The van der Waals surface area contributed by atoms with Crippen LogP contribution in [0.3, 0.4) is 0 Å². The second kappa shape index (κ2) is 8.41. The Kier molecular flexibility index (Phi) is 6.54. The lowest BCUT2D eigenvalue weighted by atomic mass is 9.87. The third-order valence-corrected chi connectivity index (χ3v) is 4.31. The van der Waals surface area contributed by atoms with Crippen LogP contribution < -0.4 is 15.4 Å². The fourth-order valence-electron chi connectivity index (χ4n) is 2.80. The molecule has 1 fully saturated rings. The highest BCUT2D eigenvalue weighted by Gasteiger charge is 2.22. The zero-order valence-electron chi connectivity index (χ0n) is 13.6. The number of hydrogen-bond donors (Lipinski definition) is 3. The Morgan fingerprint density at radius 3 is 2.65 bits per heavy atom. The third kappa shape index (κ3) is 5.29. The lowest BCUT2D eigenvalue weighted by Crippen LogP contribution is -2.40. The summed E-state index contributed by atoms with van der Waals surface area (Å²) in [6.07, 6.45) is 3.64. The van der Waals surface area contributed by atoms with Gasteiger partial charge >= 0.3 is 6.03 Å². The maximum absolute atomic E-state index is 12.2. The number of urea groups is 1. The van der Waals surface area contributed by atoms with Crippen molar-refractivity contribution in [1.29, 1.82) is 0 Å². The summed E-state index contributed by atoms with van der Waals surface area (Å²) in [5, 5.41) is 15.4. The lowest BCUT2D eigenvalue weighted by molar-refractivity contribution is 0.176. The molecule has 1 saturated carbocycles. The first kappa shape index (κ1) is 17.9. The zero-order valence-corrected chi connectivity index (χ0v) is 14.4. The number of hydrogen-bond acceptors (Lipinski definition) is 3. The minimum absolute atomic E-state index is 0.0349. The summed E-state index contributed by atoms with van der Waals surface area (Å²) in [5.74, 6) is 0.860. The SMILES string of the molecule is CC(C)Oc1c(Cl)cccc1NC(=O)NC1CCC(CO)CC1. The van der Waals surface area contributed by atoms with E-state index < -0.39 is 0 Å². The molecule has 5 nitrogen and oxygen atoms in total. The highest BCUT2D eigenvalue weighted by Crippen LogP contribution is 2.33. The van der Waals surface area contributed by atoms with Crippen LogP contribution in [0, 0.1) is 5.92 Å². The van der Waals surface area contributed by atoms with E-state index in [1.54, 1.807) is 18.2 Å². The molecule has 0 radical (unpaired) electrons. The first-order valence-electron chi connectivity index (χ1n) is 8.13. The van der Waals surface area contributed by atoms with Gasteiger partial charge in [0.15, 0.2) is 5.75 Å². The number of para-hydroxylation sites is 1. The molecule has 2 rings (SSSR count). The summed E-state index contributed by atoms with van der Waals surface area (Å²) in [5.41, 5.74) is 0.563. The topological polar surface area (TPSA) is 70.6 Å². The van der Waals surface area contributed by atoms with Crippen molar-refractivity contribution in [1.82, 2.24) is 5.32 Å². The minimum Gasteiger partial charge on any atom is -0.487 e. The van der Waals surface area contributed by atoms with Crippen molar-refractivity contribution in [2.45, 2.75) is 51.7 Å². The molecule has 0 aromatic heterocycles. The predicted octanol–water partition coefficient (Wildman–Crippen LogP) is 3.80. The van der Waals surface area contributed by atoms with Crippen LogP contribution in [0.25, 0.3) is 0 Å². The van der Waals surface area contributed by atoms with Gasteiger partial charge < -0.3 is 20.5 Å². The molecule has 0 bridgehead atoms. The standard InChI is InChI=1S/C17H25ClN2O3/c1-11(2)23-16-14(18)4-3-5-15(16)20-17(22)19-13-8-6-12(10-21)7-9-13/h3-5,11-13,21H,6-10H2,1-2H3,(H2,19,20,22). The Morgan fingerprint density at radius 2 is 2.04 bits per heavy atom. The summed E-state index contributed by atoms with van der Waals surface area (Å²) in [4.78, 5) is 12.2. The van der Waals surface area contributed by atoms with Crippen molar-refractivity contribution in [3.63, 3.8) is 0 Å². The predicted molar refractivity (Wildman–Crippen MR) is 92.2 cm³/mol. The van der Waals surface area contributed by atoms with Gasteiger partial charge in [0.2, 0.25) is 0 Å². The summed E-state index contributed by atoms with van der Waals surface area (Å²) < 4.78 is 5.69. The number of benzene rings is 1. The van der Waals surface area contributed by atoms with E-state index >= 15 is 0 Å². The molecule has 1 aliphatic carbocycles. The maximum atomic E-state index is 12.2. The Morgan fingerprint density at radius 1 is 1.35 bits per heavy atom. The Balaban J connectivity index is 1.94. The van der Waals surface area contributed by atoms with E-state index in [9.17, 15) is 4.79 Å². The van der Waals surface area contributed by atoms with Gasteiger partial charge in [0.05, 0.1) is 16.8 Å². The van der Waals surface area contributed by atoms with Crippen LogP contribution >= 0.6 is 11.6 Å². The molecule has 3 N–H and O–H groups in total. The molecule has 1 aliphatic rings. The molecule has 0 spiro atoms. The summed E-state index contributed by atoms with van der Waals surface area (Å²) in [6.45, 7) is 4.05. The van der Waals surface area contributed by atoms with Gasteiger partial charge in [-0.3, -0.25) is 0 Å². The number of halogens is 1. The zero-order chi connectivity index (χ0) is 16.8. The van der Waals surface area contributed by atoms with E-state index in [2.05, 4.69) is 10.6 Å². The molecule has 0 heterocycles. The fraction of sp³-hybridized carbons (Fsp3) is 0.588. The van der Waals surface area contributed by atoms with Gasteiger partial charge in [-0.05, 0) is 57.6 Å². The van der Waals surface area contributed by atoms with Crippen LogP contribution in [-0.4, -0.2) is 29.9 Å². The van der Waals surface area contributed by atoms with E-state index in [0.29, 0.717) is 22.4 Å². The minimum atomic E-state index is -0.256. The van der Waals surface area contributed by atoms with Crippen LogP contribution in [-0.2, 0) is 0 Å². The highest BCUT2D eigenvalue weighted by molar-refractivity contribution is 6.32. The van der Waals surface area contributed by atoms with Crippen molar-refractivity contribution >= 4 is 23.3 Å².